The van der Waals surface area contributed by atoms with Crippen molar-refractivity contribution < 1.29 is 19.4 Å². The van der Waals surface area contributed by atoms with E-state index in [2.05, 4.69) is 0 Å². The van der Waals surface area contributed by atoms with Gasteiger partial charge in [-0.3, -0.25) is 4.79 Å². The number of amides is 1. The quantitative estimate of drug-likeness (QED) is 0.899. The minimum absolute atomic E-state index is 0.0466. The van der Waals surface area contributed by atoms with Gasteiger partial charge in [0, 0.05) is 25.3 Å². The molecule has 0 bridgehead atoms. The van der Waals surface area contributed by atoms with Crippen molar-refractivity contribution in [3.8, 4) is 5.75 Å². The Bertz CT molecular complexity index is 584. The largest absolute Gasteiger partial charge is 0.495 e. The predicted molar refractivity (Wildman–Crippen MR) is 87.1 cm³/mol. The second kappa shape index (κ2) is 6.67. The van der Waals surface area contributed by atoms with Gasteiger partial charge in [0.25, 0.3) is 5.91 Å². The van der Waals surface area contributed by atoms with E-state index in [0.717, 1.165) is 12.8 Å². The molecule has 2 aliphatic heterocycles. The number of carbonyl (C=O) groups is 1. The van der Waals surface area contributed by atoms with Gasteiger partial charge in [0.2, 0.25) is 0 Å². The van der Waals surface area contributed by atoms with E-state index >= 15 is 0 Å². The Labute approximate surface area is 141 Å². The number of hydrogen-bond acceptors (Lipinski definition) is 4. The highest BCUT2D eigenvalue weighted by Gasteiger charge is 2.44. The molecular weight excluding hydrogens is 318 g/mol. The second-order valence-corrected chi connectivity index (χ2v) is 6.62. The fourth-order valence-corrected chi connectivity index (χ4v) is 3.72. The summed E-state index contributed by atoms with van der Waals surface area (Å²) in [5.41, 5.74) is 0.0870. The molecule has 6 heteroatoms. The summed E-state index contributed by atoms with van der Waals surface area (Å²) < 4.78 is 11.0. The fourth-order valence-electron chi connectivity index (χ4n) is 3.46. The summed E-state index contributed by atoms with van der Waals surface area (Å²) >= 11 is 6.10. The molecule has 0 unspecified atom stereocenters. The summed E-state index contributed by atoms with van der Waals surface area (Å²) in [6, 6.07) is 5.07. The molecule has 5 nitrogen and oxygen atoms in total. The monoisotopic (exact) mass is 339 g/mol. The molecule has 0 saturated carbocycles. The standard InChI is InChI=1S/C17H22ClNO4/c1-22-14-5-4-12(11-13(14)18)16(21)19-8-6-17(7-9-19)15(20)3-2-10-23-17/h4-5,11,15,20H,2-3,6-10H2,1H3/t15-/m1/s1. The van der Waals surface area contributed by atoms with Gasteiger partial charge in [-0.05, 0) is 43.9 Å². The molecule has 2 heterocycles. The number of rotatable bonds is 2. The molecule has 1 atom stereocenters. The minimum Gasteiger partial charge on any atom is -0.495 e. The van der Waals surface area contributed by atoms with Crippen molar-refractivity contribution in [3.63, 3.8) is 0 Å². The van der Waals surface area contributed by atoms with Crippen LogP contribution in [0.4, 0.5) is 0 Å². The van der Waals surface area contributed by atoms with Crippen LogP contribution in [0.15, 0.2) is 18.2 Å². The number of piperidine rings is 1. The maximum Gasteiger partial charge on any atom is 0.253 e. The zero-order valence-corrected chi connectivity index (χ0v) is 14.0. The van der Waals surface area contributed by atoms with Gasteiger partial charge in [-0.2, -0.15) is 0 Å². The zero-order valence-electron chi connectivity index (χ0n) is 13.3. The molecule has 2 saturated heterocycles. The highest BCUT2D eigenvalue weighted by atomic mass is 35.5. The molecule has 0 aromatic heterocycles. The third kappa shape index (κ3) is 3.18. The number of aliphatic hydroxyl groups is 1. The van der Waals surface area contributed by atoms with Crippen LogP contribution in [0.1, 0.15) is 36.0 Å². The van der Waals surface area contributed by atoms with E-state index in [4.69, 9.17) is 21.1 Å². The summed E-state index contributed by atoms with van der Waals surface area (Å²) in [7, 11) is 1.54. The molecule has 0 radical (unpaired) electrons. The van der Waals surface area contributed by atoms with Crippen LogP contribution in [0.5, 0.6) is 5.75 Å². The van der Waals surface area contributed by atoms with E-state index in [0.29, 0.717) is 48.9 Å². The number of methoxy groups -OCH3 is 1. The van der Waals surface area contributed by atoms with Crippen LogP contribution in [0, 0.1) is 0 Å². The van der Waals surface area contributed by atoms with Gasteiger partial charge in [0.15, 0.2) is 0 Å². The van der Waals surface area contributed by atoms with Crippen LogP contribution in [0.3, 0.4) is 0 Å². The third-order valence-corrected chi connectivity index (χ3v) is 5.21. The van der Waals surface area contributed by atoms with Crippen LogP contribution < -0.4 is 4.74 Å². The molecule has 126 valence electrons. The number of benzene rings is 1. The number of nitrogens with zero attached hydrogens (tertiary/aromatic N) is 1. The Balaban J connectivity index is 1.67. The van der Waals surface area contributed by atoms with Crippen LogP contribution in [0.25, 0.3) is 0 Å². The molecule has 0 aliphatic carbocycles. The first-order valence-electron chi connectivity index (χ1n) is 8.00. The van der Waals surface area contributed by atoms with Crippen molar-refractivity contribution in [2.24, 2.45) is 0 Å². The van der Waals surface area contributed by atoms with E-state index in [1.54, 1.807) is 30.2 Å². The smallest absolute Gasteiger partial charge is 0.253 e. The average Bonchev–Trinajstić information content (AvgIpc) is 2.58. The summed E-state index contributed by atoms with van der Waals surface area (Å²) in [6.07, 6.45) is 2.59. The Hall–Kier alpha value is -1.30. The van der Waals surface area contributed by atoms with Crippen molar-refractivity contribution in [1.82, 2.24) is 4.90 Å². The Morgan fingerprint density at radius 3 is 2.78 bits per heavy atom. The van der Waals surface area contributed by atoms with Gasteiger partial charge in [0.1, 0.15) is 5.75 Å². The number of halogens is 1. The Morgan fingerprint density at radius 1 is 1.43 bits per heavy atom. The van der Waals surface area contributed by atoms with Gasteiger partial charge in [0.05, 0.1) is 23.8 Å². The average molecular weight is 340 g/mol. The van der Waals surface area contributed by atoms with Gasteiger partial charge in [-0.15, -0.1) is 0 Å². The van der Waals surface area contributed by atoms with Crippen molar-refractivity contribution in [3.05, 3.63) is 28.8 Å². The molecule has 2 fully saturated rings. The van der Waals surface area contributed by atoms with Gasteiger partial charge in [-0.25, -0.2) is 0 Å². The van der Waals surface area contributed by atoms with Gasteiger partial charge >= 0.3 is 0 Å². The number of aliphatic hydroxyl groups excluding tert-OH is 1. The lowest BCUT2D eigenvalue weighted by Gasteiger charge is -2.46. The molecule has 1 N–H and O–H groups in total. The zero-order chi connectivity index (χ0) is 16.4. The second-order valence-electron chi connectivity index (χ2n) is 6.21. The van der Waals surface area contributed by atoms with E-state index in [1.165, 1.54) is 0 Å². The SMILES string of the molecule is COc1ccc(C(=O)N2CCC3(CC2)OCCC[C@H]3O)cc1Cl. The van der Waals surface area contributed by atoms with Gasteiger partial charge < -0.3 is 19.5 Å². The number of hydrogen-bond donors (Lipinski definition) is 1. The summed E-state index contributed by atoms with van der Waals surface area (Å²) in [5.74, 6) is 0.509. The highest BCUT2D eigenvalue weighted by molar-refractivity contribution is 6.32. The van der Waals surface area contributed by atoms with Crippen LogP contribution in [-0.2, 0) is 4.74 Å². The maximum atomic E-state index is 12.6. The summed E-state index contributed by atoms with van der Waals surface area (Å²) in [5, 5.41) is 10.7. The summed E-state index contributed by atoms with van der Waals surface area (Å²) in [6.45, 7) is 1.86. The first kappa shape index (κ1) is 16.6. The van der Waals surface area contributed by atoms with E-state index in [1.807, 2.05) is 0 Å². The lowest BCUT2D eigenvalue weighted by molar-refractivity contribution is -0.174. The molecule has 1 amide bonds. The highest BCUT2D eigenvalue weighted by Crippen LogP contribution is 2.35. The molecular formula is C17H22ClNO4. The lowest BCUT2D eigenvalue weighted by atomic mass is 9.82. The topological polar surface area (TPSA) is 59.0 Å². The van der Waals surface area contributed by atoms with Crippen molar-refractivity contribution >= 4 is 17.5 Å². The summed E-state index contributed by atoms with van der Waals surface area (Å²) in [4.78, 5) is 14.4. The predicted octanol–water partition coefficient (Wildman–Crippen LogP) is 2.49. The maximum absolute atomic E-state index is 12.6. The van der Waals surface area contributed by atoms with E-state index in [-0.39, 0.29) is 5.91 Å². The van der Waals surface area contributed by atoms with Crippen LogP contribution in [-0.4, -0.2) is 54.4 Å². The molecule has 2 aliphatic rings. The van der Waals surface area contributed by atoms with Crippen molar-refractivity contribution in [2.75, 3.05) is 26.8 Å². The first-order chi connectivity index (χ1) is 11.1. The Kier molecular flexibility index (Phi) is 4.80. The number of ether oxygens (including phenoxy) is 2. The Morgan fingerprint density at radius 2 is 2.17 bits per heavy atom. The van der Waals surface area contributed by atoms with Crippen LogP contribution >= 0.6 is 11.6 Å². The number of carbonyl (C=O) groups excluding carboxylic acids is 1. The van der Waals surface area contributed by atoms with Crippen molar-refractivity contribution in [1.29, 1.82) is 0 Å². The van der Waals surface area contributed by atoms with Crippen LogP contribution in [0.2, 0.25) is 5.02 Å². The molecule has 1 aromatic carbocycles. The fraction of sp³-hybridized carbons (Fsp3) is 0.588. The van der Waals surface area contributed by atoms with E-state index < -0.39 is 11.7 Å². The number of likely N-dealkylation sites (tertiary alicyclic amines) is 1. The molecule has 23 heavy (non-hydrogen) atoms. The third-order valence-electron chi connectivity index (χ3n) is 4.91. The van der Waals surface area contributed by atoms with Gasteiger partial charge in [-0.1, -0.05) is 11.6 Å². The first-order valence-corrected chi connectivity index (χ1v) is 8.38. The van der Waals surface area contributed by atoms with E-state index in [9.17, 15) is 9.90 Å². The van der Waals surface area contributed by atoms with Crippen molar-refractivity contribution in [2.45, 2.75) is 37.4 Å². The molecule has 1 aromatic rings. The minimum atomic E-state index is -0.466. The molecule has 1 spiro atoms. The molecule has 3 rings (SSSR count). The lowest BCUT2D eigenvalue weighted by Crippen LogP contribution is -2.56. The normalized spacial score (nSPS) is 23.8.